The number of nitrogens with one attached hydrogen (secondary N) is 3. The zero-order chi connectivity index (χ0) is 22.9. The zero-order valence-corrected chi connectivity index (χ0v) is 17.1. The molecule has 0 bridgehead atoms. The number of rotatable bonds is 8. The maximum absolute atomic E-state index is 12.5. The molecule has 9 heteroatoms. The van der Waals surface area contributed by atoms with E-state index in [4.69, 9.17) is 4.74 Å². The average molecular weight is 441 g/mol. The van der Waals surface area contributed by atoms with Crippen molar-refractivity contribution in [2.75, 3.05) is 17.7 Å². The third kappa shape index (κ3) is 6.43. The van der Waals surface area contributed by atoms with Gasteiger partial charge in [-0.15, -0.1) is 0 Å². The van der Waals surface area contributed by atoms with Crippen LogP contribution in [0.25, 0.3) is 0 Å². The number of halogens is 2. The summed E-state index contributed by atoms with van der Waals surface area (Å²) in [4.78, 5) is 24.4. The minimum absolute atomic E-state index is 0.0991. The van der Waals surface area contributed by atoms with Crippen LogP contribution >= 0.6 is 0 Å². The Kier molecular flexibility index (Phi) is 7.58. The van der Waals surface area contributed by atoms with Crippen LogP contribution < -0.4 is 25.4 Å². The van der Waals surface area contributed by atoms with Crippen molar-refractivity contribution in [1.82, 2.24) is 5.32 Å². The van der Waals surface area contributed by atoms with Crippen LogP contribution in [0.5, 0.6) is 11.5 Å². The molecule has 0 radical (unpaired) electrons. The number of amides is 3. The lowest BCUT2D eigenvalue weighted by Gasteiger charge is -2.12. The predicted octanol–water partition coefficient (Wildman–Crippen LogP) is 4.87. The third-order valence-electron chi connectivity index (χ3n) is 4.33. The second-order valence-corrected chi connectivity index (χ2v) is 6.57. The van der Waals surface area contributed by atoms with Crippen molar-refractivity contribution in [2.24, 2.45) is 0 Å². The van der Waals surface area contributed by atoms with Gasteiger partial charge in [-0.05, 0) is 54.1 Å². The van der Waals surface area contributed by atoms with E-state index in [1.165, 1.54) is 19.2 Å². The van der Waals surface area contributed by atoms with E-state index in [0.717, 1.165) is 0 Å². The number of urea groups is 1. The molecule has 0 aliphatic rings. The number of benzene rings is 3. The molecule has 3 N–H and O–H groups in total. The molecule has 166 valence electrons. The molecule has 0 aliphatic heterocycles. The van der Waals surface area contributed by atoms with Crippen LogP contribution in [-0.2, 0) is 6.54 Å². The molecule has 0 unspecified atom stereocenters. The van der Waals surface area contributed by atoms with E-state index in [2.05, 4.69) is 20.7 Å². The minimum atomic E-state index is -2.99. The van der Waals surface area contributed by atoms with E-state index in [1.54, 1.807) is 42.5 Å². The third-order valence-corrected chi connectivity index (χ3v) is 4.33. The zero-order valence-electron chi connectivity index (χ0n) is 17.1. The first-order valence-corrected chi connectivity index (χ1v) is 9.57. The second-order valence-electron chi connectivity index (χ2n) is 6.57. The number of hydrogen-bond donors (Lipinski definition) is 3. The minimum Gasteiger partial charge on any atom is -0.493 e. The van der Waals surface area contributed by atoms with E-state index < -0.39 is 12.6 Å². The van der Waals surface area contributed by atoms with E-state index in [0.29, 0.717) is 22.5 Å². The van der Waals surface area contributed by atoms with Crippen LogP contribution in [-0.4, -0.2) is 25.7 Å². The van der Waals surface area contributed by atoms with Crippen molar-refractivity contribution in [3.63, 3.8) is 0 Å². The summed E-state index contributed by atoms with van der Waals surface area (Å²) in [6, 6.07) is 19.4. The summed E-state index contributed by atoms with van der Waals surface area (Å²) in [5.41, 5.74) is 2.10. The standard InChI is InChI=1S/C23H21F2N3O4/c1-31-19-12-7-15(13-20(19)32-22(24)25)14-26-21(29)16-8-10-18(11-9-16)28-23(30)27-17-5-3-2-4-6-17/h2-13,22H,14H2,1H3,(H,26,29)(H2,27,28,30). The Bertz CT molecular complexity index is 1060. The molecular weight excluding hydrogens is 420 g/mol. The molecule has 0 heterocycles. The van der Waals surface area contributed by atoms with Crippen molar-refractivity contribution >= 4 is 23.3 Å². The summed E-state index contributed by atoms with van der Waals surface area (Å²) < 4.78 is 34.5. The average Bonchev–Trinajstić information content (AvgIpc) is 2.78. The van der Waals surface area contributed by atoms with Crippen molar-refractivity contribution in [1.29, 1.82) is 0 Å². The summed E-state index contributed by atoms with van der Waals surface area (Å²) in [6.07, 6.45) is 0. The Morgan fingerprint density at radius 3 is 2.16 bits per heavy atom. The fourth-order valence-corrected chi connectivity index (χ4v) is 2.82. The quantitative estimate of drug-likeness (QED) is 0.465. The van der Waals surface area contributed by atoms with E-state index in [-0.39, 0.29) is 24.0 Å². The van der Waals surface area contributed by atoms with Gasteiger partial charge in [0.05, 0.1) is 7.11 Å². The molecule has 3 amide bonds. The SMILES string of the molecule is COc1ccc(CNC(=O)c2ccc(NC(=O)Nc3ccccc3)cc2)cc1OC(F)F. The Morgan fingerprint density at radius 1 is 0.875 bits per heavy atom. The molecule has 0 saturated carbocycles. The van der Waals surface area contributed by atoms with Crippen molar-refractivity contribution in [3.8, 4) is 11.5 Å². The van der Waals surface area contributed by atoms with Crippen LogP contribution in [0.1, 0.15) is 15.9 Å². The summed E-state index contributed by atoms with van der Waals surface area (Å²) >= 11 is 0. The van der Waals surface area contributed by atoms with Gasteiger partial charge in [0.15, 0.2) is 11.5 Å². The number of alkyl halides is 2. The van der Waals surface area contributed by atoms with Gasteiger partial charge in [-0.2, -0.15) is 8.78 Å². The molecule has 0 atom stereocenters. The van der Waals surface area contributed by atoms with Gasteiger partial charge < -0.3 is 25.4 Å². The molecule has 0 aliphatic carbocycles. The van der Waals surface area contributed by atoms with Gasteiger partial charge in [0.1, 0.15) is 0 Å². The van der Waals surface area contributed by atoms with Crippen molar-refractivity contribution in [2.45, 2.75) is 13.2 Å². The summed E-state index contributed by atoms with van der Waals surface area (Å²) in [6.45, 7) is -2.89. The molecule has 3 aromatic rings. The Labute approximate surface area is 183 Å². The van der Waals surface area contributed by atoms with Gasteiger partial charge in [0, 0.05) is 23.5 Å². The maximum Gasteiger partial charge on any atom is 0.387 e. The number of hydrogen-bond acceptors (Lipinski definition) is 4. The Balaban J connectivity index is 1.55. The topological polar surface area (TPSA) is 88.7 Å². The number of carbonyl (C=O) groups is 2. The van der Waals surface area contributed by atoms with Gasteiger partial charge in [-0.1, -0.05) is 24.3 Å². The molecule has 3 aromatic carbocycles. The van der Waals surface area contributed by atoms with Gasteiger partial charge in [0.2, 0.25) is 0 Å². The van der Waals surface area contributed by atoms with Crippen LogP contribution in [0.2, 0.25) is 0 Å². The predicted molar refractivity (Wildman–Crippen MR) is 116 cm³/mol. The van der Waals surface area contributed by atoms with Crippen LogP contribution in [0.3, 0.4) is 0 Å². The highest BCUT2D eigenvalue weighted by Gasteiger charge is 2.12. The maximum atomic E-state index is 12.5. The summed E-state index contributed by atoms with van der Waals surface area (Å²) in [7, 11) is 1.35. The second kappa shape index (κ2) is 10.8. The van der Waals surface area contributed by atoms with Crippen LogP contribution in [0.4, 0.5) is 25.0 Å². The number of para-hydroxylation sites is 1. The summed E-state index contributed by atoms with van der Waals surface area (Å²) in [5, 5.41) is 8.08. The number of anilines is 2. The molecule has 0 fully saturated rings. The lowest BCUT2D eigenvalue weighted by atomic mass is 10.1. The highest BCUT2D eigenvalue weighted by atomic mass is 19.3. The normalized spacial score (nSPS) is 10.4. The first-order chi connectivity index (χ1) is 15.4. The Hall–Kier alpha value is -4.14. The molecule has 0 saturated heterocycles. The fraction of sp³-hybridized carbons (Fsp3) is 0.130. The molecule has 32 heavy (non-hydrogen) atoms. The first-order valence-electron chi connectivity index (χ1n) is 9.57. The first kappa shape index (κ1) is 22.5. The number of ether oxygens (including phenoxy) is 2. The summed E-state index contributed by atoms with van der Waals surface area (Å²) in [5.74, 6) is -0.310. The van der Waals surface area contributed by atoms with Crippen LogP contribution in [0.15, 0.2) is 72.8 Å². The highest BCUT2D eigenvalue weighted by Crippen LogP contribution is 2.29. The molecule has 0 spiro atoms. The van der Waals surface area contributed by atoms with Gasteiger partial charge in [0.25, 0.3) is 5.91 Å². The van der Waals surface area contributed by atoms with E-state index in [9.17, 15) is 18.4 Å². The largest absolute Gasteiger partial charge is 0.493 e. The Morgan fingerprint density at radius 2 is 1.53 bits per heavy atom. The number of carbonyl (C=O) groups excluding carboxylic acids is 2. The lowest BCUT2D eigenvalue weighted by Crippen LogP contribution is -2.23. The molecule has 0 aromatic heterocycles. The monoisotopic (exact) mass is 441 g/mol. The molecular formula is C23H21F2N3O4. The smallest absolute Gasteiger partial charge is 0.387 e. The van der Waals surface area contributed by atoms with E-state index >= 15 is 0 Å². The van der Waals surface area contributed by atoms with Gasteiger partial charge in [-0.3, -0.25) is 4.79 Å². The van der Waals surface area contributed by atoms with Crippen molar-refractivity contribution < 1.29 is 27.8 Å². The van der Waals surface area contributed by atoms with Gasteiger partial charge >= 0.3 is 12.6 Å². The lowest BCUT2D eigenvalue weighted by molar-refractivity contribution is -0.0512. The van der Waals surface area contributed by atoms with Crippen molar-refractivity contribution in [3.05, 3.63) is 83.9 Å². The number of methoxy groups -OCH3 is 1. The highest BCUT2D eigenvalue weighted by molar-refractivity contribution is 6.00. The molecule has 3 rings (SSSR count). The van der Waals surface area contributed by atoms with E-state index in [1.807, 2.05) is 18.2 Å². The molecule has 7 nitrogen and oxygen atoms in total. The van der Waals surface area contributed by atoms with Crippen LogP contribution in [0, 0.1) is 0 Å². The van der Waals surface area contributed by atoms with Gasteiger partial charge in [-0.25, -0.2) is 4.79 Å². The fourth-order valence-electron chi connectivity index (χ4n) is 2.82.